The van der Waals surface area contributed by atoms with Crippen molar-refractivity contribution in [2.24, 2.45) is 5.92 Å². The van der Waals surface area contributed by atoms with Crippen LogP contribution < -0.4 is 9.46 Å². The van der Waals surface area contributed by atoms with Crippen LogP contribution in [0, 0.1) is 29.4 Å². The summed E-state index contributed by atoms with van der Waals surface area (Å²) in [5, 5.41) is 8.19. The molecule has 0 radical (unpaired) electrons. The van der Waals surface area contributed by atoms with Gasteiger partial charge in [-0.05, 0) is 36.3 Å². The molecule has 174 valence electrons. The van der Waals surface area contributed by atoms with Gasteiger partial charge in [0.25, 0.3) is 10.0 Å². The first kappa shape index (κ1) is 23.1. The number of hydrogen-bond acceptors (Lipinski definition) is 6. The average molecular weight is 484 g/mol. The Labute approximate surface area is 194 Å². The lowest BCUT2D eigenvalue weighted by molar-refractivity contribution is 0.400. The molecule has 0 aliphatic carbocycles. The third-order valence-electron chi connectivity index (χ3n) is 4.68. The molecule has 8 nitrogen and oxygen atoms in total. The molecule has 0 aliphatic rings. The SMILES string of the molecule is COc1ncc(-c2ccc3nnc(C#CC(C)C)n3c2)cc1NS(=O)(=O)c1ccc(F)cc1F. The van der Waals surface area contributed by atoms with E-state index in [1.807, 2.05) is 13.8 Å². The molecule has 0 amide bonds. The lowest BCUT2D eigenvalue weighted by atomic mass is 10.1. The van der Waals surface area contributed by atoms with Crippen molar-refractivity contribution in [3.8, 4) is 28.8 Å². The summed E-state index contributed by atoms with van der Waals surface area (Å²) < 4.78 is 62.0. The van der Waals surface area contributed by atoms with Crippen molar-refractivity contribution in [2.75, 3.05) is 11.8 Å². The molecule has 3 heterocycles. The van der Waals surface area contributed by atoms with Crippen molar-refractivity contribution < 1.29 is 21.9 Å². The van der Waals surface area contributed by atoms with E-state index in [1.165, 1.54) is 19.4 Å². The van der Waals surface area contributed by atoms with Crippen molar-refractivity contribution in [3.63, 3.8) is 0 Å². The van der Waals surface area contributed by atoms with Gasteiger partial charge < -0.3 is 4.74 Å². The van der Waals surface area contributed by atoms with Crippen LogP contribution >= 0.6 is 0 Å². The molecule has 11 heteroatoms. The predicted octanol–water partition coefficient (Wildman–Crippen LogP) is 3.89. The van der Waals surface area contributed by atoms with E-state index in [1.54, 1.807) is 22.7 Å². The van der Waals surface area contributed by atoms with Gasteiger partial charge in [0.05, 0.1) is 7.11 Å². The monoisotopic (exact) mass is 483 g/mol. The minimum atomic E-state index is -4.40. The fourth-order valence-electron chi connectivity index (χ4n) is 3.09. The summed E-state index contributed by atoms with van der Waals surface area (Å²) >= 11 is 0. The molecule has 4 rings (SSSR count). The maximum atomic E-state index is 14.1. The number of ether oxygens (including phenoxy) is 1. The molecule has 1 aromatic carbocycles. The zero-order valence-corrected chi connectivity index (χ0v) is 19.2. The fraction of sp³-hybridized carbons (Fsp3) is 0.174. The van der Waals surface area contributed by atoms with Crippen LogP contribution in [0.3, 0.4) is 0 Å². The van der Waals surface area contributed by atoms with Crippen LogP contribution in [0.25, 0.3) is 16.8 Å². The normalized spacial score (nSPS) is 11.4. The predicted molar refractivity (Wildman–Crippen MR) is 122 cm³/mol. The summed E-state index contributed by atoms with van der Waals surface area (Å²) in [6.45, 7) is 3.93. The quantitative estimate of drug-likeness (QED) is 0.433. The highest BCUT2D eigenvalue weighted by molar-refractivity contribution is 7.92. The van der Waals surface area contributed by atoms with Crippen LogP contribution in [0.2, 0.25) is 0 Å². The number of halogens is 2. The lowest BCUT2D eigenvalue weighted by Gasteiger charge is -2.13. The molecule has 34 heavy (non-hydrogen) atoms. The lowest BCUT2D eigenvalue weighted by Crippen LogP contribution is -2.15. The minimum Gasteiger partial charge on any atom is -0.480 e. The van der Waals surface area contributed by atoms with Crippen LogP contribution in [0.15, 0.2) is 53.7 Å². The molecule has 4 aromatic rings. The highest BCUT2D eigenvalue weighted by atomic mass is 32.2. The topological polar surface area (TPSA) is 98.5 Å². The van der Waals surface area contributed by atoms with Crippen molar-refractivity contribution in [1.82, 2.24) is 19.6 Å². The van der Waals surface area contributed by atoms with Crippen LogP contribution in [0.4, 0.5) is 14.5 Å². The third-order valence-corrected chi connectivity index (χ3v) is 6.08. The van der Waals surface area contributed by atoms with E-state index < -0.39 is 26.6 Å². The second kappa shape index (κ2) is 9.07. The summed E-state index contributed by atoms with van der Waals surface area (Å²) in [6.07, 6.45) is 3.25. The maximum Gasteiger partial charge on any atom is 0.264 e. The van der Waals surface area contributed by atoms with Crippen LogP contribution in [-0.2, 0) is 10.0 Å². The number of nitrogens with zero attached hydrogens (tertiary/aromatic N) is 4. The number of nitrogens with one attached hydrogen (secondary N) is 1. The number of benzene rings is 1. The molecule has 0 aliphatic heterocycles. The van der Waals surface area contributed by atoms with Gasteiger partial charge in [0, 0.05) is 35.5 Å². The molecule has 0 fully saturated rings. The Morgan fingerprint density at radius 3 is 2.59 bits per heavy atom. The number of anilines is 1. The maximum absolute atomic E-state index is 14.1. The second-order valence-corrected chi connectivity index (χ2v) is 9.21. The molecule has 3 aromatic heterocycles. The molecule has 0 bridgehead atoms. The van der Waals surface area contributed by atoms with Gasteiger partial charge in [-0.1, -0.05) is 19.8 Å². The van der Waals surface area contributed by atoms with Crippen LogP contribution in [0.1, 0.15) is 19.7 Å². The molecule has 0 spiro atoms. The summed E-state index contributed by atoms with van der Waals surface area (Å²) in [7, 11) is -3.07. The summed E-state index contributed by atoms with van der Waals surface area (Å²) in [5.41, 5.74) is 1.78. The number of sulfonamides is 1. The first-order chi connectivity index (χ1) is 16.2. The first-order valence-corrected chi connectivity index (χ1v) is 11.5. The first-order valence-electron chi connectivity index (χ1n) is 10.1. The van der Waals surface area contributed by atoms with E-state index in [-0.39, 0.29) is 17.5 Å². The molecular weight excluding hydrogens is 464 g/mol. The Bertz CT molecular complexity index is 1560. The zero-order chi connectivity index (χ0) is 24.5. The number of methoxy groups -OCH3 is 1. The van der Waals surface area contributed by atoms with E-state index in [0.717, 1.165) is 12.1 Å². The van der Waals surface area contributed by atoms with E-state index in [4.69, 9.17) is 4.74 Å². The van der Waals surface area contributed by atoms with Gasteiger partial charge in [-0.15, -0.1) is 10.2 Å². The Hall–Kier alpha value is -4.04. The van der Waals surface area contributed by atoms with Gasteiger partial charge in [-0.3, -0.25) is 9.12 Å². The third kappa shape index (κ3) is 4.67. The van der Waals surface area contributed by atoms with Crippen LogP contribution in [-0.4, -0.2) is 35.1 Å². The second-order valence-electron chi connectivity index (χ2n) is 7.55. The van der Waals surface area contributed by atoms with Gasteiger partial charge in [0.2, 0.25) is 11.7 Å². The highest BCUT2D eigenvalue weighted by Gasteiger charge is 2.22. The molecule has 1 N–H and O–H groups in total. The number of fused-ring (bicyclic) bond motifs is 1. The molecule has 0 unspecified atom stereocenters. The number of pyridine rings is 2. The molecule has 0 saturated carbocycles. The summed E-state index contributed by atoms with van der Waals surface area (Å²) in [4.78, 5) is 3.46. The van der Waals surface area contributed by atoms with Gasteiger partial charge >= 0.3 is 0 Å². The van der Waals surface area contributed by atoms with Gasteiger partial charge in [0.15, 0.2) is 5.65 Å². The number of rotatable bonds is 5. The van der Waals surface area contributed by atoms with Gasteiger partial charge in [0.1, 0.15) is 22.2 Å². The largest absolute Gasteiger partial charge is 0.480 e. The molecular formula is C23H19F2N5O3S. The molecule has 0 saturated heterocycles. The molecule has 0 atom stereocenters. The smallest absolute Gasteiger partial charge is 0.264 e. The Kier molecular flexibility index (Phi) is 6.17. The van der Waals surface area contributed by atoms with Crippen LogP contribution in [0.5, 0.6) is 5.88 Å². The highest BCUT2D eigenvalue weighted by Crippen LogP contribution is 2.31. The average Bonchev–Trinajstić information content (AvgIpc) is 3.19. The Balaban J connectivity index is 1.75. The zero-order valence-electron chi connectivity index (χ0n) is 18.4. The van der Waals surface area contributed by atoms with Crippen molar-refractivity contribution in [2.45, 2.75) is 18.7 Å². The Morgan fingerprint density at radius 1 is 1.09 bits per heavy atom. The standard InChI is InChI=1S/C23H19F2N5O3S/c1-14(2)4-8-21-27-28-22-9-5-15(13-30(21)22)16-10-19(23(33-3)26-12-16)29-34(31,32)20-7-6-17(24)11-18(20)25/h5-7,9-14,29H,1-3H3. The van der Waals surface area contributed by atoms with Gasteiger partial charge in [-0.25, -0.2) is 22.2 Å². The van der Waals surface area contributed by atoms with E-state index in [0.29, 0.717) is 28.7 Å². The summed E-state index contributed by atoms with van der Waals surface area (Å²) in [6, 6.07) is 7.20. The van der Waals surface area contributed by atoms with Crippen molar-refractivity contribution in [3.05, 3.63) is 66.3 Å². The van der Waals surface area contributed by atoms with E-state index >= 15 is 0 Å². The minimum absolute atomic E-state index is 0.0209. The van der Waals surface area contributed by atoms with Gasteiger partial charge in [-0.2, -0.15) is 0 Å². The summed E-state index contributed by atoms with van der Waals surface area (Å²) in [5.74, 6) is 4.50. The van der Waals surface area contributed by atoms with E-state index in [2.05, 4.69) is 31.7 Å². The van der Waals surface area contributed by atoms with E-state index in [9.17, 15) is 17.2 Å². The van der Waals surface area contributed by atoms with Crippen molar-refractivity contribution >= 4 is 21.4 Å². The number of aromatic nitrogens is 4. The van der Waals surface area contributed by atoms with Crippen molar-refractivity contribution in [1.29, 1.82) is 0 Å². The fourth-order valence-corrected chi connectivity index (χ4v) is 4.20. The Morgan fingerprint density at radius 2 is 1.88 bits per heavy atom. The number of hydrogen-bond donors (Lipinski definition) is 1.